The third kappa shape index (κ3) is 7.29. The average molecular weight is 535 g/mol. The molecule has 2 saturated heterocycles. The van der Waals surface area contributed by atoms with Gasteiger partial charge in [-0.05, 0) is 44.2 Å². The van der Waals surface area contributed by atoms with Crippen molar-refractivity contribution in [2.24, 2.45) is 10.9 Å². The summed E-state index contributed by atoms with van der Waals surface area (Å²) in [6.45, 7) is 6.88. The number of halogens is 1. The lowest BCUT2D eigenvalue weighted by Gasteiger charge is -2.29. The van der Waals surface area contributed by atoms with Crippen molar-refractivity contribution in [1.82, 2.24) is 14.9 Å². The standard InChI is InChI=1S/C20H33N5O2S.HI/c1-3-21-20(22-15-17-9-13-25(14-10-17)28(2,26)27)23-18-11-12-24(16-18)19-7-5-4-6-8-19;/h4-8,17-18H,3,9-16H2,1-2H3,(H2,21,22,23);1H. The molecule has 7 nitrogen and oxygen atoms in total. The molecule has 0 bridgehead atoms. The molecule has 0 aliphatic carbocycles. The topological polar surface area (TPSA) is 77.0 Å². The van der Waals surface area contributed by atoms with Crippen molar-refractivity contribution in [3.8, 4) is 0 Å². The molecule has 2 fully saturated rings. The predicted molar refractivity (Wildman–Crippen MR) is 131 cm³/mol. The first-order chi connectivity index (χ1) is 13.5. The number of hydrogen-bond donors (Lipinski definition) is 2. The molecule has 164 valence electrons. The Bertz CT molecular complexity index is 751. The van der Waals surface area contributed by atoms with Gasteiger partial charge in [0, 0.05) is 51.0 Å². The van der Waals surface area contributed by atoms with Crippen LogP contribution in [0.4, 0.5) is 5.69 Å². The van der Waals surface area contributed by atoms with Gasteiger partial charge in [-0.2, -0.15) is 0 Å². The number of anilines is 1. The van der Waals surface area contributed by atoms with Crippen LogP contribution >= 0.6 is 24.0 Å². The van der Waals surface area contributed by atoms with Gasteiger partial charge in [-0.25, -0.2) is 12.7 Å². The largest absolute Gasteiger partial charge is 0.369 e. The summed E-state index contributed by atoms with van der Waals surface area (Å²) in [6.07, 6.45) is 4.13. The van der Waals surface area contributed by atoms with Crippen LogP contribution in [0.25, 0.3) is 0 Å². The second-order valence-electron chi connectivity index (χ2n) is 7.74. The average Bonchev–Trinajstić information content (AvgIpc) is 3.15. The molecule has 0 amide bonds. The van der Waals surface area contributed by atoms with Crippen molar-refractivity contribution in [3.63, 3.8) is 0 Å². The zero-order valence-corrected chi connectivity index (χ0v) is 20.5. The highest BCUT2D eigenvalue weighted by Gasteiger charge is 2.26. The van der Waals surface area contributed by atoms with E-state index in [0.29, 0.717) is 25.0 Å². The fraction of sp³-hybridized carbons (Fsp3) is 0.650. The van der Waals surface area contributed by atoms with Gasteiger partial charge in [-0.1, -0.05) is 18.2 Å². The van der Waals surface area contributed by atoms with Gasteiger partial charge in [0.05, 0.1) is 6.26 Å². The summed E-state index contributed by atoms with van der Waals surface area (Å²) in [5.41, 5.74) is 1.27. The minimum absolute atomic E-state index is 0. The molecule has 3 rings (SSSR count). The van der Waals surface area contributed by atoms with Crippen LogP contribution in [0.3, 0.4) is 0 Å². The molecule has 0 spiro atoms. The maximum atomic E-state index is 11.6. The molecule has 1 atom stereocenters. The van der Waals surface area contributed by atoms with Crippen LogP contribution in [-0.4, -0.2) is 70.2 Å². The fourth-order valence-corrected chi connectivity index (χ4v) is 4.78. The number of nitrogens with one attached hydrogen (secondary N) is 2. The lowest BCUT2D eigenvalue weighted by Crippen LogP contribution is -2.45. The summed E-state index contributed by atoms with van der Waals surface area (Å²) in [7, 11) is -3.06. The third-order valence-electron chi connectivity index (χ3n) is 5.54. The summed E-state index contributed by atoms with van der Waals surface area (Å²) in [5.74, 6) is 1.31. The molecular formula is C20H34IN5O2S. The van der Waals surface area contributed by atoms with E-state index < -0.39 is 10.0 Å². The van der Waals surface area contributed by atoms with E-state index in [1.165, 1.54) is 11.9 Å². The fourth-order valence-electron chi connectivity index (χ4n) is 3.91. The first-order valence-electron chi connectivity index (χ1n) is 10.3. The molecule has 0 radical (unpaired) electrons. The molecule has 2 N–H and O–H groups in total. The molecule has 1 unspecified atom stereocenters. The molecule has 2 aliphatic heterocycles. The van der Waals surface area contributed by atoms with Crippen molar-refractivity contribution in [3.05, 3.63) is 30.3 Å². The Hall–Kier alpha value is -1.07. The smallest absolute Gasteiger partial charge is 0.211 e. The molecule has 2 aliphatic rings. The van der Waals surface area contributed by atoms with Gasteiger partial charge in [-0.3, -0.25) is 4.99 Å². The maximum Gasteiger partial charge on any atom is 0.211 e. The van der Waals surface area contributed by atoms with Crippen LogP contribution < -0.4 is 15.5 Å². The molecule has 29 heavy (non-hydrogen) atoms. The number of piperidine rings is 1. The van der Waals surface area contributed by atoms with E-state index >= 15 is 0 Å². The predicted octanol–water partition coefficient (Wildman–Crippen LogP) is 2.11. The van der Waals surface area contributed by atoms with Crippen molar-refractivity contribution < 1.29 is 8.42 Å². The molecular weight excluding hydrogens is 501 g/mol. The molecule has 1 aromatic rings. The van der Waals surface area contributed by atoms with Crippen LogP contribution in [0, 0.1) is 5.92 Å². The first kappa shape index (κ1) is 24.2. The normalized spacial score (nSPS) is 21.7. The summed E-state index contributed by atoms with van der Waals surface area (Å²) < 4.78 is 24.9. The maximum absolute atomic E-state index is 11.6. The number of para-hydroxylation sites is 1. The van der Waals surface area contributed by atoms with E-state index in [4.69, 9.17) is 4.99 Å². The Labute approximate surface area is 192 Å². The Morgan fingerprint density at radius 3 is 2.45 bits per heavy atom. The quantitative estimate of drug-likeness (QED) is 0.332. The van der Waals surface area contributed by atoms with Gasteiger partial charge in [0.25, 0.3) is 0 Å². The van der Waals surface area contributed by atoms with Crippen molar-refractivity contribution in [2.75, 3.05) is 50.4 Å². The highest BCUT2D eigenvalue weighted by molar-refractivity contribution is 14.0. The Morgan fingerprint density at radius 1 is 1.14 bits per heavy atom. The Kier molecular flexibility index (Phi) is 9.48. The highest BCUT2D eigenvalue weighted by Crippen LogP contribution is 2.21. The monoisotopic (exact) mass is 535 g/mol. The van der Waals surface area contributed by atoms with Gasteiger partial charge < -0.3 is 15.5 Å². The van der Waals surface area contributed by atoms with E-state index in [1.807, 2.05) is 6.07 Å². The van der Waals surface area contributed by atoms with Gasteiger partial charge in [0.1, 0.15) is 0 Å². The molecule has 1 aromatic carbocycles. The van der Waals surface area contributed by atoms with Gasteiger partial charge in [-0.15, -0.1) is 24.0 Å². The van der Waals surface area contributed by atoms with Crippen molar-refractivity contribution in [1.29, 1.82) is 0 Å². The Balaban J connectivity index is 0.00000300. The van der Waals surface area contributed by atoms with Crippen LogP contribution in [0.15, 0.2) is 35.3 Å². The lowest BCUT2D eigenvalue weighted by molar-refractivity contribution is 0.280. The van der Waals surface area contributed by atoms with Crippen LogP contribution in [0.5, 0.6) is 0 Å². The number of nitrogens with zero attached hydrogens (tertiary/aromatic N) is 3. The Morgan fingerprint density at radius 2 is 1.83 bits per heavy atom. The lowest BCUT2D eigenvalue weighted by atomic mass is 9.98. The number of rotatable bonds is 6. The van der Waals surface area contributed by atoms with E-state index in [2.05, 4.69) is 46.7 Å². The number of aliphatic imine (C=N–C) groups is 1. The van der Waals surface area contributed by atoms with Crippen LogP contribution in [-0.2, 0) is 10.0 Å². The SMILES string of the molecule is CCNC(=NCC1CCN(S(C)(=O)=O)CC1)NC1CCN(c2ccccc2)C1.I. The second-order valence-corrected chi connectivity index (χ2v) is 9.72. The molecule has 0 saturated carbocycles. The minimum atomic E-state index is -3.06. The first-order valence-corrected chi connectivity index (χ1v) is 12.1. The second kappa shape index (κ2) is 11.4. The molecule has 0 aromatic heterocycles. The van der Waals surface area contributed by atoms with Gasteiger partial charge in [0.2, 0.25) is 10.0 Å². The van der Waals surface area contributed by atoms with Gasteiger partial charge in [0.15, 0.2) is 5.96 Å². The van der Waals surface area contributed by atoms with Crippen molar-refractivity contribution >= 4 is 45.6 Å². The number of sulfonamides is 1. The van der Waals surface area contributed by atoms with E-state index in [9.17, 15) is 8.42 Å². The zero-order chi connectivity index (χ0) is 20.0. The molecule has 2 heterocycles. The van der Waals surface area contributed by atoms with E-state index in [0.717, 1.165) is 51.4 Å². The van der Waals surface area contributed by atoms with Crippen molar-refractivity contribution in [2.45, 2.75) is 32.2 Å². The van der Waals surface area contributed by atoms with Gasteiger partial charge >= 0.3 is 0 Å². The number of guanidine groups is 1. The minimum Gasteiger partial charge on any atom is -0.369 e. The summed E-state index contributed by atoms with van der Waals surface area (Å²) >= 11 is 0. The van der Waals surface area contributed by atoms with Crippen LogP contribution in [0.2, 0.25) is 0 Å². The number of hydrogen-bond acceptors (Lipinski definition) is 4. The van der Waals surface area contributed by atoms with E-state index in [-0.39, 0.29) is 24.0 Å². The van der Waals surface area contributed by atoms with Crippen LogP contribution in [0.1, 0.15) is 26.2 Å². The summed E-state index contributed by atoms with van der Waals surface area (Å²) in [4.78, 5) is 7.20. The summed E-state index contributed by atoms with van der Waals surface area (Å²) in [5, 5.41) is 6.93. The highest BCUT2D eigenvalue weighted by atomic mass is 127. The summed E-state index contributed by atoms with van der Waals surface area (Å²) in [6, 6.07) is 10.9. The molecule has 9 heteroatoms. The third-order valence-corrected chi connectivity index (χ3v) is 6.85. The zero-order valence-electron chi connectivity index (χ0n) is 17.4. The number of benzene rings is 1. The van der Waals surface area contributed by atoms with E-state index in [1.54, 1.807) is 4.31 Å².